The lowest BCUT2D eigenvalue weighted by Gasteiger charge is -2.35. The maximum Gasteiger partial charge on any atom is 0.305 e. The lowest BCUT2D eigenvalue weighted by molar-refractivity contribution is -0.163. The Morgan fingerprint density at radius 1 is 1.21 bits per heavy atom. The molecule has 1 saturated heterocycles. The summed E-state index contributed by atoms with van der Waals surface area (Å²) in [5.41, 5.74) is 2.61. The first-order chi connectivity index (χ1) is 16.1. The van der Waals surface area contributed by atoms with Crippen molar-refractivity contribution in [3.8, 4) is 0 Å². The molecule has 6 heteroatoms. The van der Waals surface area contributed by atoms with E-state index in [0.29, 0.717) is 23.7 Å². The molecule has 2 heterocycles. The number of carbonyl (C=O) groups is 1. The number of ether oxygens (including phenoxy) is 2. The van der Waals surface area contributed by atoms with Gasteiger partial charge in [0.1, 0.15) is 12.2 Å². The van der Waals surface area contributed by atoms with Crippen LogP contribution in [0.25, 0.3) is 0 Å². The van der Waals surface area contributed by atoms with Gasteiger partial charge < -0.3 is 24.8 Å². The Kier molecular flexibility index (Phi) is 9.33. The summed E-state index contributed by atoms with van der Waals surface area (Å²) in [5.74, 6) is 0.603. The second kappa shape index (κ2) is 11.8. The monoisotopic (exact) mass is 474 g/mol. The van der Waals surface area contributed by atoms with E-state index in [1.54, 1.807) is 6.08 Å². The molecule has 10 atom stereocenters. The van der Waals surface area contributed by atoms with Crippen molar-refractivity contribution in [1.82, 2.24) is 0 Å². The minimum atomic E-state index is -1.04. The number of hydrogen-bond donors (Lipinski definition) is 3. The van der Waals surface area contributed by atoms with Crippen LogP contribution in [-0.4, -0.2) is 57.9 Å². The highest BCUT2D eigenvalue weighted by Gasteiger charge is 2.43. The van der Waals surface area contributed by atoms with E-state index in [2.05, 4.69) is 58.9 Å². The molecule has 2 aliphatic heterocycles. The zero-order valence-electron chi connectivity index (χ0n) is 21.1. The molecule has 0 amide bonds. The van der Waals surface area contributed by atoms with E-state index in [-0.39, 0.29) is 25.0 Å². The molecule has 2 fully saturated rings. The van der Waals surface area contributed by atoms with E-state index < -0.39 is 30.4 Å². The standard InChI is InChI=1S/C28H42O6/c1-6-24-17(3)8-11-25(34-24)18(4)13-16(2)7-9-21-19(5)22(21)10-12-26-28(32)23(29)14-20(33-26)15-27(30)31/h7-10,12-13,16,19-26,28-29,32H,6,11,14-15H2,1-5H3,(H,30,31)/t16-,19-,20+,21+,22+,23+,24-,25-,26+,28-/m1/s1. The highest BCUT2D eigenvalue weighted by atomic mass is 16.5. The van der Waals surface area contributed by atoms with Crippen LogP contribution < -0.4 is 0 Å². The van der Waals surface area contributed by atoms with Crippen molar-refractivity contribution in [3.63, 3.8) is 0 Å². The van der Waals surface area contributed by atoms with Gasteiger partial charge in [-0.1, -0.05) is 57.2 Å². The van der Waals surface area contributed by atoms with Crippen molar-refractivity contribution in [2.24, 2.45) is 23.7 Å². The Morgan fingerprint density at radius 2 is 1.91 bits per heavy atom. The fourth-order valence-corrected chi connectivity index (χ4v) is 5.22. The van der Waals surface area contributed by atoms with E-state index in [4.69, 9.17) is 14.6 Å². The molecule has 6 nitrogen and oxygen atoms in total. The number of carboxylic acid groups (broad SMARTS) is 1. The Balaban J connectivity index is 1.53. The lowest BCUT2D eigenvalue weighted by Crippen LogP contribution is -2.47. The number of hydrogen-bond acceptors (Lipinski definition) is 5. The van der Waals surface area contributed by atoms with Crippen molar-refractivity contribution in [2.75, 3.05) is 0 Å². The summed E-state index contributed by atoms with van der Waals surface area (Å²) in [6.07, 6.45) is 11.9. The van der Waals surface area contributed by atoms with Gasteiger partial charge in [-0.15, -0.1) is 0 Å². The minimum Gasteiger partial charge on any atom is -0.481 e. The maximum absolute atomic E-state index is 11.0. The van der Waals surface area contributed by atoms with Crippen LogP contribution in [-0.2, 0) is 14.3 Å². The van der Waals surface area contributed by atoms with Crippen molar-refractivity contribution in [1.29, 1.82) is 0 Å². The fourth-order valence-electron chi connectivity index (χ4n) is 5.22. The summed E-state index contributed by atoms with van der Waals surface area (Å²) >= 11 is 0. The molecule has 0 radical (unpaired) electrons. The molecule has 3 rings (SSSR count). The average molecular weight is 475 g/mol. The van der Waals surface area contributed by atoms with E-state index in [1.165, 1.54) is 11.1 Å². The van der Waals surface area contributed by atoms with Gasteiger partial charge in [0.05, 0.1) is 30.8 Å². The van der Waals surface area contributed by atoms with Crippen LogP contribution >= 0.6 is 0 Å². The molecule has 34 heavy (non-hydrogen) atoms. The van der Waals surface area contributed by atoms with E-state index in [1.807, 2.05) is 6.08 Å². The summed E-state index contributed by atoms with van der Waals surface area (Å²) in [6.45, 7) is 10.9. The summed E-state index contributed by atoms with van der Waals surface area (Å²) in [6, 6.07) is 0. The SMILES string of the molecule is CC[C@H]1O[C@@H](C(C)=C[C@H](C)C=C[C@H]2[C@@H](C)[C@@H]2C=C[C@@H]2O[C@H](CC(=O)O)C[C@H](O)[C@H]2O)CC=C1C. The molecule has 0 aromatic rings. The summed E-state index contributed by atoms with van der Waals surface area (Å²) in [5, 5.41) is 29.3. The molecular formula is C28H42O6. The van der Waals surface area contributed by atoms with Gasteiger partial charge >= 0.3 is 5.97 Å². The highest BCUT2D eigenvalue weighted by Crippen LogP contribution is 2.48. The van der Waals surface area contributed by atoms with Gasteiger partial charge in [-0.2, -0.15) is 0 Å². The van der Waals surface area contributed by atoms with Crippen molar-refractivity contribution in [3.05, 3.63) is 47.6 Å². The smallest absolute Gasteiger partial charge is 0.305 e. The summed E-state index contributed by atoms with van der Waals surface area (Å²) in [7, 11) is 0. The van der Waals surface area contributed by atoms with Gasteiger partial charge in [-0.05, 0) is 61.5 Å². The first-order valence-electron chi connectivity index (χ1n) is 12.7. The first-order valence-corrected chi connectivity index (χ1v) is 12.7. The molecular weight excluding hydrogens is 432 g/mol. The lowest BCUT2D eigenvalue weighted by atomic mass is 9.95. The first kappa shape index (κ1) is 26.9. The Hall–Kier alpha value is -1.73. The van der Waals surface area contributed by atoms with Crippen molar-refractivity contribution < 1.29 is 29.6 Å². The van der Waals surface area contributed by atoms with Crippen LogP contribution in [0.1, 0.15) is 60.3 Å². The van der Waals surface area contributed by atoms with E-state index in [0.717, 1.165) is 12.8 Å². The largest absolute Gasteiger partial charge is 0.481 e. The third kappa shape index (κ3) is 6.91. The molecule has 3 aliphatic rings. The minimum absolute atomic E-state index is 0.134. The van der Waals surface area contributed by atoms with Gasteiger partial charge in [0, 0.05) is 6.42 Å². The van der Waals surface area contributed by atoms with Crippen LogP contribution in [0, 0.1) is 23.7 Å². The molecule has 1 saturated carbocycles. The number of aliphatic carboxylic acids is 1. The van der Waals surface area contributed by atoms with E-state index in [9.17, 15) is 15.0 Å². The molecule has 0 aromatic heterocycles. The third-order valence-electron chi connectivity index (χ3n) is 7.56. The van der Waals surface area contributed by atoms with Crippen molar-refractivity contribution in [2.45, 2.75) is 96.9 Å². The zero-order chi connectivity index (χ0) is 25.0. The molecule has 0 unspecified atom stereocenters. The van der Waals surface area contributed by atoms with Crippen LogP contribution in [0.4, 0.5) is 0 Å². The Bertz CT molecular complexity index is 827. The van der Waals surface area contributed by atoms with Crippen LogP contribution in [0.15, 0.2) is 47.6 Å². The number of aliphatic hydroxyl groups is 2. The highest BCUT2D eigenvalue weighted by molar-refractivity contribution is 5.67. The molecule has 190 valence electrons. The van der Waals surface area contributed by atoms with Crippen LogP contribution in [0.3, 0.4) is 0 Å². The molecule has 0 bridgehead atoms. The molecule has 0 spiro atoms. The fraction of sp³-hybridized carbons (Fsp3) is 0.679. The maximum atomic E-state index is 11.0. The average Bonchev–Trinajstić information content (AvgIpc) is 3.40. The van der Waals surface area contributed by atoms with Gasteiger partial charge in [-0.25, -0.2) is 0 Å². The predicted molar refractivity (Wildman–Crippen MR) is 132 cm³/mol. The Morgan fingerprint density at radius 3 is 2.59 bits per heavy atom. The number of allylic oxidation sites excluding steroid dienone is 4. The van der Waals surface area contributed by atoms with Crippen LogP contribution in [0.2, 0.25) is 0 Å². The second-order valence-corrected chi connectivity index (χ2v) is 10.4. The number of rotatable bonds is 9. The number of carboxylic acids is 1. The number of aliphatic hydroxyl groups excluding tert-OH is 2. The molecule has 0 aromatic carbocycles. The molecule has 3 N–H and O–H groups in total. The summed E-state index contributed by atoms with van der Waals surface area (Å²) < 4.78 is 12.0. The van der Waals surface area contributed by atoms with Crippen molar-refractivity contribution >= 4 is 5.97 Å². The van der Waals surface area contributed by atoms with Crippen LogP contribution in [0.5, 0.6) is 0 Å². The van der Waals surface area contributed by atoms with Gasteiger partial charge in [0.15, 0.2) is 0 Å². The summed E-state index contributed by atoms with van der Waals surface area (Å²) in [4.78, 5) is 11.0. The third-order valence-corrected chi connectivity index (χ3v) is 7.56. The Labute approximate surface area is 204 Å². The van der Waals surface area contributed by atoms with Gasteiger partial charge in [0.25, 0.3) is 0 Å². The van der Waals surface area contributed by atoms with Gasteiger partial charge in [0.2, 0.25) is 0 Å². The normalized spacial score (nSPS) is 39.9. The predicted octanol–water partition coefficient (Wildman–Crippen LogP) is 4.43. The second-order valence-electron chi connectivity index (χ2n) is 10.4. The zero-order valence-corrected chi connectivity index (χ0v) is 21.1. The quantitative estimate of drug-likeness (QED) is 0.428. The van der Waals surface area contributed by atoms with Gasteiger partial charge in [-0.3, -0.25) is 4.79 Å². The van der Waals surface area contributed by atoms with E-state index >= 15 is 0 Å². The molecule has 1 aliphatic carbocycles. The topological polar surface area (TPSA) is 96.2 Å².